The Morgan fingerprint density at radius 2 is 0.970 bits per heavy atom. The molecule has 0 aliphatic heterocycles. The predicted octanol–water partition coefficient (Wildman–Crippen LogP) is 6.02. The number of nitrogens with zero attached hydrogens (tertiary/aromatic N) is 14. The monoisotopic (exact) mass is 940 g/mol. The lowest BCUT2D eigenvalue weighted by Gasteiger charge is -2.20. The van der Waals surface area contributed by atoms with Crippen LogP contribution in [0, 0.1) is 10.8 Å². The van der Waals surface area contributed by atoms with Crippen molar-refractivity contribution >= 4 is 45.6 Å². The highest BCUT2D eigenvalue weighted by atomic mass is 32.2. The van der Waals surface area contributed by atoms with E-state index >= 15 is 0 Å². The molecule has 0 spiro atoms. The summed E-state index contributed by atoms with van der Waals surface area (Å²) in [6.07, 6.45) is 8.19. The molecule has 0 aliphatic rings. The molecule has 9 aromatic rings. The highest BCUT2D eigenvalue weighted by Gasteiger charge is 2.26. The van der Waals surface area contributed by atoms with Crippen molar-refractivity contribution in [3.05, 3.63) is 157 Å². The van der Waals surface area contributed by atoms with E-state index in [1.807, 2.05) is 89.8 Å². The molecule has 67 heavy (non-hydrogen) atoms. The molecule has 0 radical (unpaired) electrons. The predicted molar refractivity (Wildman–Crippen MR) is 261 cm³/mol. The molecule has 0 N–H and O–H groups in total. The van der Waals surface area contributed by atoms with Gasteiger partial charge in [0.05, 0.1) is 24.5 Å². The summed E-state index contributed by atoms with van der Waals surface area (Å²) in [5.41, 5.74) is 2.99. The molecule has 0 unspecified atom stereocenters. The second-order valence-corrected chi connectivity index (χ2v) is 20.4. The first kappa shape index (κ1) is 46.5. The summed E-state index contributed by atoms with van der Waals surface area (Å²) in [5.74, 6) is 0. The van der Waals surface area contributed by atoms with Crippen LogP contribution in [0.25, 0.3) is 33.4 Å². The molecular formula is C47H52N14O4S2. The van der Waals surface area contributed by atoms with Gasteiger partial charge in [0.25, 0.3) is 11.1 Å². The lowest BCUT2D eigenvalue weighted by Crippen LogP contribution is -2.40. The summed E-state index contributed by atoms with van der Waals surface area (Å²) in [5, 5.41) is 20.3. The molecule has 9 rings (SSSR count). The summed E-state index contributed by atoms with van der Waals surface area (Å²) in [4.78, 5) is 61.3. The maximum Gasteiger partial charge on any atom is 0.332 e. The molecule has 0 atom stereocenters. The minimum atomic E-state index is -0.361. The van der Waals surface area contributed by atoms with Crippen molar-refractivity contribution in [2.75, 3.05) is 6.26 Å². The maximum absolute atomic E-state index is 13.4. The average molecular weight is 941 g/mol. The number of thioether (sulfide) groups is 1. The zero-order chi connectivity index (χ0) is 47.8. The number of aromatic nitrogens is 14. The van der Waals surface area contributed by atoms with E-state index in [2.05, 4.69) is 61.7 Å². The van der Waals surface area contributed by atoms with E-state index < -0.39 is 0 Å². The molecule has 18 nitrogen and oxygen atoms in total. The molecule has 0 fully saturated rings. The average Bonchev–Trinajstić information content (AvgIpc) is 4.14. The third-order valence-electron chi connectivity index (χ3n) is 10.7. The lowest BCUT2D eigenvalue weighted by molar-refractivity contribution is 0.336. The van der Waals surface area contributed by atoms with Gasteiger partial charge in [-0.1, -0.05) is 95.8 Å². The quantitative estimate of drug-likeness (QED) is 0.138. The van der Waals surface area contributed by atoms with Gasteiger partial charge in [0, 0.05) is 32.1 Å². The highest BCUT2D eigenvalue weighted by Crippen LogP contribution is 2.33. The van der Waals surface area contributed by atoms with Crippen LogP contribution in [-0.2, 0) is 40.3 Å². The van der Waals surface area contributed by atoms with Crippen LogP contribution in [0.3, 0.4) is 0 Å². The van der Waals surface area contributed by atoms with E-state index in [-0.39, 0.29) is 33.3 Å². The number of benzene rings is 3. The van der Waals surface area contributed by atoms with Gasteiger partial charge < -0.3 is 0 Å². The van der Waals surface area contributed by atoms with Gasteiger partial charge in [0.15, 0.2) is 11.3 Å². The van der Waals surface area contributed by atoms with Crippen LogP contribution in [-0.4, -0.2) is 73.6 Å². The fourth-order valence-electron chi connectivity index (χ4n) is 7.57. The van der Waals surface area contributed by atoms with Gasteiger partial charge >= 0.3 is 11.4 Å². The van der Waals surface area contributed by atoms with E-state index in [0.717, 1.165) is 32.4 Å². The van der Waals surface area contributed by atoms with E-state index in [1.54, 1.807) is 35.8 Å². The number of rotatable bonds is 11. The fraction of sp³-hybridized carbons (Fsp3) is 0.319. The van der Waals surface area contributed by atoms with Crippen molar-refractivity contribution < 1.29 is 0 Å². The second-order valence-electron chi connectivity index (χ2n) is 18.5. The number of hydrogen-bond donors (Lipinski definition) is 0. The summed E-state index contributed by atoms with van der Waals surface area (Å²) < 4.78 is 12.6. The van der Waals surface area contributed by atoms with Crippen LogP contribution in [0.15, 0.2) is 138 Å². The molecular weight excluding hydrogens is 889 g/mol. The van der Waals surface area contributed by atoms with Crippen LogP contribution in [0.2, 0.25) is 0 Å². The van der Waals surface area contributed by atoms with Gasteiger partial charge in [0.2, 0.25) is 0 Å². The minimum Gasteiger partial charge on any atom is -0.275 e. The molecule has 0 bridgehead atoms. The zero-order valence-electron chi connectivity index (χ0n) is 38.9. The van der Waals surface area contributed by atoms with Gasteiger partial charge in [0.1, 0.15) is 46.1 Å². The van der Waals surface area contributed by atoms with Crippen molar-refractivity contribution in [2.24, 2.45) is 24.9 Å². The van der Waals surface area contributed by atoms with Crippen LogP contribution in [0.5, 0.6) is 0 Å². The topological polar surface area (TPSA) is 185 Å². The molecule has 0 amide bonds. The van der Waals surface area contributed by atoms with E-state index in [0.29, 0.717) is 53.3 Å². The van der Waals surface area contributed by atoms with Crippen LogP contribution >= 0.6 is 23.5 Å². The smallest absolute Gasteiger partial charge is 0.275 e. The van der Waals surface area contributed by atoms with E-state index in [9.17, 15) is 19.2 Å². The standard InChI is InChI=1S/C26H27N7O2S.C21H25N7O2S/c1-26(2,3)15-31-22-21(23(34)30(4)25(31)35)24(36-20-8-6-5-7-9-20)32(29-22)14-18-10-12-19(13-11-18)33-17-27-16-28-33;1-21(2,3)11-26-17-16(18(29)25(4)20(26)30)19(31-5)27(24-17)10-14-6-8-15(9-7-14)28-13-22-12-23-28/h5-13,16-17H,14-15H2,1-4H3;6-9,12-13H,10-11H2,1-5H3. The molecule has 0 saturated heterocycles. The Morgan fingerprint density at radius 1 is 0.552 bits per heavy atom. The van der Waals surface area contributed by atoms with Crippen LogP contribution in [0.1, 0.15) is 52.7 Å². The van der Waals surface area contributed by atoms with Crippen LogP contribution in [0.4, 0.5) is 0 Å². The Balaban J connectivity index is 0.000000184. The molecule has 0 saturated carbocycles. The molecule has 6 aromatic heterocycles. The Bertz CT molecular complexity index is 3420. The molecule has 6 heterocycles. The SMILES string of the molecule is CSc1c2c(=O)n(C)c(=O)n(CC(C)(C)C)c2nn1Cc1ccc(-n2cncn2)cc1.Cn1c(=O)c2c(Sc3ccccc3)n(Cc3ccc(-n4cncn4)cc3)nc2n(CC(C)(C)C)c1=O. The first-order valence-corrected chi connectivity index (χ1v) is 23.5. The first-order valence-electron chi connectivity index (χ1n) is 21.5. The van der Waals surface area contributed by atoms with Gasteiger partial charge in [-0.15, -0.1) is 11.8 Å². The lowest BCUT2D eigenvalue weighted by atomic mass is 9.97. The third-order valence-corrected chi connectivity index (χ3v) is 12.6. The Hall–Kier alpha value is -7.06. The number of hydrogen-bond acceptors (Lipinski definition) is 12. The van der Waals surface area contributed by atoms with Crippen molar-refractivity contribution in [1.82, 2.24) is 67.4 Å². The Kier molecular flexibility index (Phi) is 13.0. The second kappa shape index (κ2) is 18.7. The van der Waals surface area contributed by atoms with Crippen molar-refractivity contribution in [3.63, 3.8) is 0 Å². The first-order chi connectivity index (χ1) is 31.9. The maximum atomic E-state index is 13.4. The van der Waals surface area contributed by atoms with Crippen molar-refractivity contribution in [3.8, 4) is 11.4 Å². The molecule has 3 aromatic carbocycles. The van der Waals surface area contributed by atoms with E-state index in [1.165, 1.54) is 59.4 Å². The van der Waals surface area contributed by atoms with Crippen molar-refractivity contribution in [2.45, 2.75) is 82.7 Å². The normalized spacial score (nSPS) is 12.0. The minimum absolute atomic E-state index is 0.144. The fourth-order valence-corrected chi connectivity index (χ4v) is 9.28. The largest absolute Gasteiger partial charge is 0.332 e. The van der Waals surface area contributed by atoms with Crippen LogP contribution < -0.4 is 22.5 Å². The van der Waals surface area contributed by atoms with Crippen molar-refractivity contribution in [1.29, 1.82) is 0 Å². The summed E-state index contributed by atoms with van der Waals surface area (Å²) in [7, 11) is 3.05. The Labute approximate surface area is 393 Å². The van der Waals surface area contributed by atoms with Gasteiger partial charge in [-0.05, 0) is 64.6 Å². The summed E-state index contributed by atoms with van der Waals surface area (Å²) in [6, 6.07) is 25.7. The zero-order valence-corrected chi connectivity index (χ0v) is 40.5. The molecule has 20 heteroatoms. The summed E-state index contributed by atoms with van der Waals surface area (Å²) >= 11 is 2.93. The number of fused-ring (bicyclic) bond motifs is 2. The molecule has 346 valence electrons. The molecule has 0 aliphatic carbocycles. The third kappa shape index (κ3) is 9.90. The van der Waals surface area contributed by atoms with Gasteiger partial charge in [-0.25, -0.2) is 28.9 Å². The summed E-state index contributed by atoms with van der Waals surface area (Å²) in [6.45, 7) is 14.2. The van der Waals surface area contributed by atoms with Gasteiger partial charge in [-0.2, -0.15) is 20.4 Å². The Morgan fingerprint density at radius 3 is 1.36 bits per heavy atom. The van der Waals surface area contributed by atoms with Gasteiger partial charge in [-0.3, -0.25) is 37.2 Å². The van der Waals surface area contributed by atoms with E-state index in [4.69, 9.17) is 10.2 Å². The highest BCUT2D eigenvalue weighted by molar-refractivity contribution is 7.99.